The topological polar surface area (TPSA) is 87.5 Å². The molecule has 0 spiro atoms. The maximum atomic E-state index is 12.3. The van der Waals surface area contributed by atoms with E-state index in [1.165, 1.54) is 29.3 Å². The van der Waals surface area contributed by atoms with Crippen molar-refractivity contribution < 1.29 is 18.0 Å². The van der Waals surface area contributed by atoms with Crippen LogP contribution in [0, 0.1) is 22.7 Å². The second kappa shape index (κ2) is 6.30. The van der Waals surface area contributed by atoms with Gasteiger partial charge < -0.3 is 4.84 Å². The van der Waals surface area contributed by atoms with Crippen molar-refractivity contribution in [2.24, 2.45) is 11.3 Å². The molecule has 0 radical (unpaired) electrons. The van der Waals surface area contributed by atoms with Crippen molar-refractivity contribution in [1.29, 1.82) is 5.26 Å². The second-order valence-electron chi connectivity index (χ2n) is 6.76. The van der Waals surface area contributed by atoms with Gasteiger partial charge in [-0.25, -0.2) is 13.2 Å². The van der Waals surface area contributed by atoms with Crippen LogP contribution < -0.4 is 0 Å². The molecule has 7 heteroatoms. The SMILES string of the molecule is CC(C)(C)C(=O)ON1CC(CS(=O)(=O)c2ccc(C#N)cc2)C1. The first-order valence-electron chi connectivity index (χ1n) is 7.32. The highest BCUT2D eigenvalue weighted by atomic mass is 32.2. The Morgan fingerprint density at radius 2 is 1.87 bits per heavy atom. The summed E-state index contributed by atoms with van der Waals surface area (Å²) < 4.78 is 24.6. The summed E-state index contributed by atoms with van der Waals surface area (Å²) in [6, 6.07) is 7.83. The molecular weight excluding hydrogens is 316 g/mol. The number of benzene rings is 1. The molecule has 0 amide bonds. The molecule has 1 heterocycles. The summed E-state index contributed by atoms with van der Waals surface area (Å²) in [7, 11) is -3.40. The second-order valence-corrected chi connectivity index (χ2v) is 8.79. The molecule has 1 aliphatic heterocycles. The van der Waals surface area contributed by atoms with Gasteiger partial charge in [0.15, 0.2) is 9.84 Å². The van der Waals surface area contributed by atoms with Gasteiger partial charge in [-0.2, -0.15) is 5.26 Å². The van der Waals surface area contributed by atoms with Crippen molar-refractivity contribution in [3.8, 4) is 6.07 Å². The summed E-state index contributed by atoms with van der Waals surface area (Å²) in [5, 5.41) is 10.2. The molecule has 1 saturated heterocycles. The van der Waals surface area contributed by atoms with E-state index in [0.29, 0.717) is 18.7 Å². The molecular formula is C16H20N2O4S. The van der Waals surface area contributed by atoms with E-state index in [0.717, 1.165) is 0 Å². The molecule has 23 heavy (non-hydrogen) atoms. The van der Waals surface area contributed by atoms with E-state index in [1.807, 2.05) is 6.07 Å². The standard InChI is InChI=1S/C16H20N2O4S/c1-16(2,3)15(19)22-18-9-13(10-18)11-23(20,21)14-6-4-12(8-17)5-7-14/h4-7,13H,9-11H2,1-3H3. The van der Waals surface area contributed by atoms with Gasteiger partial charge in [0, 0.05) is 19.0 Å². The van der Waals surface area contributed by atoms with Gasteiger partial charge in [-0.3, -0.25) is 0 Å². The highest BCUT2D eigenvalue weighted by Crippen LogP contribution is 2.24. The van der Waals surface area contributed by atoms with Crippen LogP contribution in [-0.2, 0) is 19.5 Å². The monoisotopic (exact) mass is 336 g/mol. The zero-order valence-corrected chi connectivity index (χ0v) is 14.3. The van der Waals surface area contributed by atoms with Crippen LogP contribution in [0.4, 0.5) is 0 Å². The molecule has 1 fully saturated rings. The van der Waals surface area contributed by atoms with Gasteiger partial charge in [0.2, 0.25) is 0 Å². The molecule has 0 atom stereocenters. The first-order valence-corrected chi connectivity index (χ1v) is 8.97. The van der Waals surface area contributed by atoms with Gasteiger partial charge in [0.05, 0.1) is 27.7 Å². The zero-order chi connectivity index (χ0) is 17.3. The van der Waals surface area contributed by atoms with Gasteiger partial charge in [-0.05, 0) is 45.0 Å². The normalized spacial score (nSPS) is 16.4. The van der Waals surface area contributed by atoms with Crippen LogP contribution in [0.25, 0.3) is 0 Å². The Bertz CT molecular complexity index is 721. The van der Waals surface area contributed by atoms with E-state index in [1.54, 1.807) is 20.8 Å². The molecule has 0 saturated carbocycles. The average molecular weight is 336 g/mol. The molecule has 0 N–H and O–H groups in total. The number of carbonyl (C=O) groups excluding carboxylic acids is 1. The fraction of sp³-hybridized carbons (Fsp3) is 0.500. The number of hydroxylamine groups is 2. The average Bonchev–Trinajstić information content (AvgIpc) is 2.43. The quantitative estimate of drug-likeness (QED) is 0.833. The minimum absolute atomic E-state index is 0.00245. The molecule has 1 aliphatic rings. The Balaban J connectivity index is 1.89. The predicted molar refractivity (Wildman–Crippen MR) is 83.8 cm³/mol. The van der Waals surface area contributed by atoms with Crippen LogP contribution in [-0.4, -0.2) is 38.3 Å². The fourth-order valence-electron chi connectivity index (χ4n) is 2.10. The molecule has 0 bridgehead atoms. The van der Waals surface area contributed by atoms with Crippen LogP contribution >= 0.6 is 0 Å². The van der Waals surface area contributed by atoms with Crippen LogP contribution in [0.1, 0.15) is 26.3 Å². The maximum absolute atomic E-state index is 12.3. The summed E-state index contributed by atoms with van der Waals surface area (Å²) in [5.74, 6) is -0.392. The summed E-state index contributed by atoms with van der Waals surface area (Å²) >= 11 is 0. The van der Waals surface area contributed by atoms with Gasteiger partial charge >= 0.3 is 5.97 Å². The largest absolute Gasteiger partial charge is 0.367 e. The smallest absolute Gasteiger partial charge is 0.330 e. The Hall–Kier alpha value is -1.91. The molecule has 2 rings (SSSR count). The number of nitrogens with zero attached hydrogens (tertiary/aromatic N) is 2. The van der Waals surface area contributed by atoms with Gasteiger partial charge in [-0.1, -0.05) is 0 Å². The van der Waals surface area contributed by atoms with Crippen molar-refractivity contribution in [2.75, 3.05) is 18.8 Å². The summed E-state index contributed by atoms with van der Waals surface area (Å²) in [6.45, 7) is 6.13. The summed E-state index contributed by atoms with van der Waals surface area (Å²) in [5.41, 5.74) is -0.160. The van der Waals surface area contributed by atoms with Crippen molar-refractivity contribution in [3.05, 3.63) is 29.8 Å². The van der Waals surface area contributed by atoms with Gasteiger partial charge in [0.25, 0.3) is 0 Å². The first-order chi connectivity index (χ1) is 10.6. The van der Waals surface area contributed by atoms with E-state index < -0.39 is 15.3 Å². The molecule has 1 aromatic rings. The lowest BCUT2D eigenvalue weighted by Gasteiger charge is -2.38. The van der Waals surface area contributed by atoms with Crippen LogP contribution in [0.2, 0.25) is 0 Å². The fourth-order valence-corrected chi connectivity index (χ4v) is 3.67. The van der Waals surface area contributed by atoms with E-state index in [9.17, 15) is 13.2 Å². The van der Waals surface area contributed by atoms with Gasteiger partial charge in [-0.15, -0.1) is 5.06 Å². The number of sulfone groups is 1. The summed E-state index contributed by atoms with van der Waals surface area (Å²) in [6.07, 6.45) is 0. The first kappa shape index (κ1) is 17.4. The summed E-state index contributed by atoms with van der Waals surface area (Å²) in [4.78, 5) is 17.1. The Morgan fingerprint density at radius 3 is 2.35 bits per heavy atom. The van der Waals surface area contributed by atoms with Crippen LogP contribution in [0.15, 0.2) is 29.2 Å². The van der Waals surface area contributed by atoms with E-state index in [2.05, 4.69) is 0 Å². The minimum Gasteiger partial charge on any atom is -0.367 e. The lowest BCUT2D eigenvalue weighted by Crippen LogP contribution is -2.51. The van der Waals surface area contributed by atoms with E-state index in [-0.39, 0.29) is 22.5 Å². The van der Waals surface area contributed by atoms with Crippen LogP contribution in [0.3, 0.4) is 0 Å². The third-order valence-corrected chi connectivity index (χ3v) is 5.45. The van der Waals surface area contributed by atoms with Crippen LogP contribution in [0.5, 0.6) is 0 Å². The molecule has 1 aromatic carbocycles. The Kier molecular flexibility index (Phi) is 4.78. The number of rotatable bonds is 4. The Morgan fingerprint density at radius 1 is 1.30 bits per heavy atom. The van der Waals surface area contributed by atoms with E-state index >= 15 is 0 Å². The molecule has 6 nitrogen and oxygen atoms in total. The zero-order valence-electron chi connectivity index (χ0n) is 13.4. The predicted octanol–water partition coefficient (Wildman–Crippen LogP) is 1.77. The van der Waals surface area contributed by atoms with E-state index in [4.69, 9.17) is 10.1 Å². The van der Waals surface area contributed by atoms with Gasteiger partial charge in [0.1, 0.15) is 0 Å². The van der Waals surface area contributed by atoms with Crippen molar-refractivity contribution in [2.45, 2.75) is 25.7 Å². The Labute approximate surface area is 136 Å². The number of nitriles is 1. The highest BCUT2D eigenvalue weighted by Gasteiger charge is 2.36. The van der Waals surface area contributed by atoms with Crippen molar-refractivity contribution in [3.63, 3.8) is 0 Å². The number of hydrogen-bond donors (Lipinski definition) is 0. The molecule has 0 aliphatic carbocycles. The number of carbonyl (C=O) groups is 1. The maximum Gasteiger partial charge on any atom is 0.330 e. The molecule has 0 aromatic heterocycles. The minimum atomic E-state index is -3.40. The lowest BCUT2D eigenvalue weighted by molar-refractivity contribution is -0.226. The lowest BCUT2D eigenvalue weighted by atomic mass is 9.97. The highest BCUT2D eigenvalue weighted by molar-refractivity contribution is 7.91. The molecule has 124 valence electrons. The third-order valence-electron chi connectivity index (χ3n) is 3.55. The van der Waals surface area contributed by atoms with Crippen molar-refractivity contribution >= 4 is 15.8 Å². The number of hydrogen-bond acceptors (Lipinski definition) is 6. The third kappa shape index (κ3) is 4.30. The van der Waals surface area contributed by atoms with Crippen molar-refractivity contribution in [1.82, 2.24) is 5.06 Å². The molecule has 0 unspecified atom stereocenters.